The van der Waals surface area contributed by atoms with Gasteiger partial charge in [-0.25, -0.2) is 0 Å². The zero-order chi connectivity index (χ0) is 19.2. The molecule has 3 rings (SSSR count). The van der Waals surface area contributed by atoms with Gasteiger partial charge in [-0.3, -0.25) is 4.79 Å². The number of carboxylic acids is 1. The second kappa shape index (κ2) is 8.70. The van der Waals surface area contributed by atoms with E-state index in [-0.39, 0.29) is 18.4 Å². The summed E-state index contributed by atoms with van der Waals surface area (Å²) in [6.45, 7) is 2.40. The van der Waals surface area contributed by atoms with Gasteiger partial charge in [-0.15, -0.1) is 5.92 Å². The molecular formula is C21H19ClO5. The van der Waals surface area contributed by atoms with Gasteiger partial charge in [0, 0.05) is 11.1 Å². The molecule has 1 N–H and O–H groups in total. The molecule has 1 unspecified atom stereocenters. The molecule has 2 aromatic carbocycles. The Morgan fingerprint density at radius 2 is 2.07 bits per heavy atom. The fraction of sp³-hybridized carbons (Fsp3) is 0.286. The monoisotopic (exact) mass is 386 g/mol. The summed E-state index contributed by atoms with van der Waals surface area (Å²) in [5.74, 6) is 6.44. The highest BCUT2D eigenvalue weighted by Crippen LogP contribution is 2.34. The maximum absolute atomic E-state index is 11.0. The molecule has 5 nitrogen and oxygen atoms in total. The highest BCUT2D eigenvalue weighted by atomic mass is 35.5. The first-order valence-electron chi connectivity index (χ1n) is 8.51. The predicted molar refractivity (Wildman–Crippen MR) is 102 cm³/mol. The molecule has 0 amide bonds. The predicted octanol–water partition coefficient (Wildman–Crippen LogP) is 4.14. The molecule has 0 radical (unpaired) electrons. The van der Waals surface area contributed by atoms with E-state index in [9.17, 15) is 4.79 Å². The molecule has 27 heavy (non-hydrogen) atoms. The Morgan fingerprint density at radius 3 is 2.78 bits per heavy atom. The fourth-order valence-corrected chi connectivity index (χ4v) is 2.92. The number of halogens is 1. The van der Waals surface area contributed by atoms with Crippen LogP contribution in [-0.4, -0.2) is 30.4 Å². The van der Waals surface area contributed by atoms with Crippen molar-refractivity contribution in [3.8, 4) is 29.1 Å². The minimum atomic E-state index is -0.876. The van der Waals surface area contributed by atoms with Crippen LogP contribution in [0.4, 0.5) is 0 Å². The van der Waals surface area contributed by atoms with Crippen molar-refractivity contribution < 1.29 is 24.1 Å². The SMILES string of the molecule is CC#CC(CC(=O)O)c1ccc(OC[C@H]2COc3cc(Cl)ccc3O2)cc1. The third-order valence-electron chi connectivity index (χ3n) is 4.04. The van der Waals surface area contributed by atoms with Gasteiger partial charge in [-0.2, -0.15) is 0 Å². The molecule has 2 aromatic rings. The Balaban J connectivity index is 1.58. The fourth-order valence-electron chi connectivity index (χ4n) is 2.76. The number of carboxylic acid groups (broad SMARTS) is 1. The number of ether oxygens (including phenoxy) is 3. The van der Waals surface area contributed by atoms with Crippen molar-refractivity contribution in [1.29, 1.82) is 0 Å². The summed E-state index contributed by atoms with van der Waals surface area (Å²) in [5, 5.41) is 9.61. The minimum Gasteiger partial charge on any atom is -0.490 e. The number of fused-ring (bicyclic) bond motifs is 1. The van der Waals surface area contributed by atoms with Crippen LogP contribution in [0.2, 0.25) is 5.02 Å². The van der Waals surface area contributed by atoms with Crippen molar-refractivity contribution in [2.24, 2.45) is 0 Å². The second-order valence-corrected chi connectivity index (χ2v) is 6.50. The van der Waals surface area contributed by atoms with Gasteiger partial charge in [0.15, 0.2) is 17.6 Å². The minimum absolute atomic E-state index is 0.0300. The van der Waals surface area contributed by atoms with Gasteiger partial charge in [-0.05, 0) is 36.8 Å². The maximum atomic E-state index is 11.0. The first kappa shape index (κ1) is 18.9. The van der Waals surface area contributed by atoms with Crippen molar-refractivity contribution in [1.82, 2.24) is 0 Å². The first-order chi connectivity index (χ1) is 13.0. The van der Waals surface area contributed by atoms with E-state index in [2.05, 4.69) is 11.8 Å². The third kappa shape index (κ3) is 5.08. The summed E-state index contributed by atoms with van der Waals surface area (Å²) in [6, 6.07) is 12.5. The standard InChI is InChI=1S/C21H19ClO5/c1-2-3-15(10-21(23)24)14-4-7-17(8-5-14)25-12-18-13-26-20-11-16(22)6-9-19(20)27-18/h4-9,11,15,18H,10,12-13H2,1H3,(H,23,24)/t15?,18-/m0/s1. The molecule has 140 valence electrons. The van der Waals surface area contributed by atoms with Crippen LogP contribution in [0.15, 0.2) is 42.5 Å². The van der Waals surface area contributed by atoms with Gasteiger partial charge in [0.1, 0.15) is 19.0 Å². The zero-order valence-corrected chi connectivity index (χ0v) is 15.5. The molecule has 0 saturated carbocycles. The molecule has 0 saturated heterocycles. The van der Waals surface area contributed by atoms with Crippen molar-refractivity contribution >= 4 is 17.6 Å². The van der Waals surface area contributed by atoms with Crippen LogP contribution < -0.4 is 14.2 Å². The van der Waals surface area contributed by atoms with Gasteiger partial charge < -0.3 is 19.3 Å². The van der Waals surface area contributed by atoms with Crippen LogP contribution in [0.5, 0.6) is 17.2 Å². The second-order valence-electron chi connectivity index (χ2n) is 6.07. The molecule has 1 aliphatic rings. The number of hydrogen-bond donors (Lipinski definition) is 1. The highest BCUT2D eigenvalue weighted by molar-refractivity contribution is 6.30. The Hall–Kier alpha value is -2.84. The average molecular weight is 387 g/mol. The Kier molecular flexibility index (Phi) is 6.10. The molecule has 1 heterocycles. The lowest BCUT2D eigenvalue weighted by Gasteiger charge is -2.26. The van der Waals surface area contributed by atoms with Crippen LogP contribution in [0.1, 0.15) is 24.8 Å². The van der Waals surface area contributed by atoms with Gasteiger partial charge in [0.25, 0.3) is 0 Å². The van der Waals surface area contributed by atoms with Crippen molar-refractivity contribution in [2.75, 3.05) is 13.2 Å². The molecule has 0 aliphatic carbocycles. The lowest BCUT2D eigenvalue weighted by molar-refractivity contribution is -0.137. The third-order valence-corrected chi connectivity index (χ3v) is 4.27. The van der Waals surface area contributed by atoms with Crippen molar-refractivity contribution in [3.63, 3.8) is 0 Å². The van der Waals surface area contributed by atoms with Gasteiger partial charge in [0.05, 0.1) is 12.3 Å². The van der Waals surface area contributed by atoms with E-state index in [1.54, 1.807) is 37.3 Å². The van der Waals surface area contributed by atoms with Gasteiger partial charge in [0.2, 0.25) is 0 Å². The maximum Gasteiger partial charge on any atom is 0.304 e. The number of benzene rings is 2. The molecule has 0 aromatic heterocycles. The average Bonchev–Trinajstić information content (AvgIpc) is 2.66. The summed E-state index contributed by atoms with van der Waals surface area (Å²) in [4.78, 5) is 11.0. The van der Waals surface area contributed by atoms with Crippen LogP contribution >= 0.6 is 11.6 Å². The Morgan fingerprint density at radius 1 is 1.30 bits per heavy atom. The van der Waals surface area contributed by atoms with E-state index < -0.39 is 5.97 Å². The quantitative estimate of drug-likeness (QED) is 0.756. The largest absolute Gasteiger partial charge is 0.490 e. The molecule has 6 heteroatoms. The number of hydrogen-bond acceptors (Lipinski definition) is 4. The van der Waals surface area contributed by atoms with Crippen LogP contribution in [0.25, 0.3) is 0 Å². The normalized spacial score (nSPS) is 16.0. The molecular weight excluding hydrogens is 368 g/mol. The summed E-state index contributed by atoms with van der Waals surface area (Å²) >= 11 is 5.94. The van der Waals surface area contributed by atoms with Crippen molar-refractivity contribution in [2.45, 2.75) is 25.4 Å². The van der Waals surface area contributed by atoms with E-state index >= 15 is 0 Å². The van der Waals surface area contributed by atoms with Gasteiger partial charge in [-0.1, -0.05) is 29.7 Å². The summed E-state index contributed by atoms with van der Waals surface area (Å²) in [5.41, 5.74) is 0.849. The molecule has 0 bridgehead atoms. The molecule has 0 spiro atoms. The lowest BCUT2D eigenvalue weighted by atomic mass is 9.96. The van der Waals surface area contributed by atoms with Crippen molar-refractivity contribution in [3.05, 3.63) is 53.1 Å². The van der Waals surface area contributed by atoms with E-state index in [4.69, 9.17) is 30.9 Å². The number of rotatable bonds is 6. The Labute approximate surface area is 162 Å². The van der Waals surface area contributed by atoms with Crippen LogP contribution in [0.3, 0.4) is 0 Å². The topological polar surface area (TPSA) is 65.0 Å². The van der Waals surface area contributed by atoms with E-state index in [1.165, 1.54) is 0 Å². The summed E-state index contributed by atoms with van der Waals surface area (Å²) in [6.07, 6.45) is -0.262. The molecule has 0 fully saturated rings. The van der Waals surface area contributed by atoms with Gasteiger partial charge >= 0.3 is 5.97 Å². The first-order valence-corrected chi connectivity index (χ1v) is 8.89. The summed E-state index contributed by atoms with van der Waals surface area (Å²) < 4.78 is 17.3. The van der Waals surface area contributed by atoms with E-state index in [0.717, 1.165) is 5.56 Å². The van der Waals surface area contributed by atoms with Crippen LogP contribution in [0, 0.1) is 11.8 Å². The summed E-state index contributed by atoms with van der Waals surface area (Å²) in [7, 11) is 0. The van der Waals surface area contributed by atoms with E-state index in [0.29, 0.717) is 35.5 Å². The lowest BCUT2D eigenvalue weighted by Crippen LogP contribution is -2.34. The highest BCUT2D eigenvalue weighted by Gasteiger charge is 2.22. The number of aliphatic carboxylic acids is 1. The smallest absolute Gasteiger partial charge is 0.304 e. The molecule has 2 atom stereocenters. The van der Waals surface area contributed by atoms with E-state index in [1.807, 2.05) is 12.1 Å². The molecule has 1 aliphatic heterocycles. The van der Waals surface area contributed by atoms with Crippen LogP contribution in [-0.2, 0) is 4.79 Å². The Bertz CT molecular complexity index is 866. The number of carbonyl (C=O) groups is 1. The zero-order valence-electron chi connectivity index (χ0n) is 14.8.